The van der Waals surface area contributed by atoms with E-state index in [1.54, 1.807) is 17.0 Å². The van der Waals surface area contributed by atoms with E-state index in [9.17, 15) is 0 Å². The maximum atomic E-state index is 6.02. The molecule has 0 bridgehead atoms. The summed E-state index contributed by atoms with van der Waals surface area (Å²) in [7, 11) is 0. The van der Waals surface area contributed by atoms with E-state index in [1.807, 2.05) is 6.07 Å². The van der Waals surface area contributed by atoms with Crippen LogP contribution in [0.1, 0.15) is 26.7 Å². The van der Waals surface area contributed by atoms with Crippen LogP contribution < -0.4 is 9.64 Å². The Balaban J connectivity index is 2.21. The van der Waals surface area contributed by atoms with Crippen molar-refractivity contribution in [2.24, 2.45) is 0 Å². The molecule has 0 atom stereocenters. The highest BCUT2D eigenvalue weighted by Gasteiger charge is 2.04. The summed E-state index contributed by atoms with van der Waals surface area (Å²) in [6.07, 6.45) is 2.24. The summed E-state index contributed by atoms with van der Waals surface area (Å²) in [5, 5.41) is 1.22. The average Bonchev–Trinajstić information content (AvgIpc) is 2.36. The summed E-state index contributed by atoms with van der Waals surface area (Å²) in [6, 6.07) is 5.32. The zero-order valence-electron chi connectivity index (χ0n) is 11.1. The molecule has 0 aliphatic rings. The van der Waals surface area contributed by atoms with Gasteiger partial charge in [0.1, 0.15) is 5.75 Å². The predicted molar refractivity (Wildman–Crippen MR) is 78.1 cm³/mol. The molecule has 18 heavy (non-hydrogen) atoms. The predicted octanol–water partition coefficient (Wildman–Crippen LogP) is 3.08. The van der Waals surface area contributed by atoms with Crippen LogP contribution in [0.15, 0.2) is 18.2 Å². The number of rotatable bonds is 8. The molecule has 1 aromatic carbocycles. The van der Waals surface area contributed by atoms with Crippen molar-refractivity contribution in [1.29, 1.82) is 0 Å². The van der Waals surface area contributed by atoms with E-state index in [0.29, 0.717) is 16.7 Å². The molecule has 0 unspecified atom stereocenters. The van der Waals surface area contributed by atoms with Crippen LogP contribution in [0.2, 0.25) is 10.0 Å². The van der Waals surface area contributed by atoms with Crippen molar-refractivity contribution < 1.29 is 9.64 Å². The van der Waals surface area contributed by atoms with E-state index >= 15 is 0 Å². The Morgan fingerprint density at radius 2 is 1.83 bits per heavy atom. The highest BCUT2D eigenvalue weighted by molar-refractivity contribution is 6.35. The summed E-state index contributed by atoms with van der Waals surface area (Å²) in [6.45, 7) is 8.76. The molecule has 102 valence electrons. The molecule has 0 radical (unpaired) electrons. The monoisotopic (exact) mass is 290 g/mol. The first-order chi connectivity index (χ1) is 8.67. The average molecular weight is 291 g/mol. The Bertz CT molecular complexity index is 354. The van der Waals surface area contributed by atoms with E-state index in [-0.39, 0.29) is 0 Å². The number of quaternary nitrogens is 1. The fourth-order valence-electron chi connectivity index (χ4n) is 1.86. The molecule has 1 aromatic rings. The number of benzene rings is 1. The number of hydrogen-bond donors (Lipinski definition) is 1. The van der Waals surface area contributed by atoms with Gasteiger partial charge >= 0.3 is 0 Å². The lowest BCUT2D eigenvalue weighted by atomic mass is 10.3. The second-order valence-corrected chi connectivity index (χ2v) is 5.18. The van der Waals surface area contributed by atoms with E-state index < -0.39 is 0 Å². The van der Waals surface area contributed by atoms with Gasteiger partial charge in [-0.1, -0.05) is 23.2 Å². The SMILES string of the molecule is CC[NH+](CC)CCCCOc1ccc(Cl)cc1Cl. The van der Waals surface area contributed by atoms with Gasteiger partial charge in [0.2, 0.25) is 0 Å². The second kappa shape index (κ2) is 8.63. The van der Waals surface area contributed by atoms with Crippen molar-refractivity contribution in [3.8, 4) is 5.75 Å². The standard InChI is InChI=1S/C14H21Cl2NO/c1-3-17(4-2)9-5-6-10-18-14-8-7-12(15)11-13(14)16/h7-8,11H,3-6,9-10H2,1-2H3/p+1. The molecule has 0 spiro atoms. The van der Waals surface area contributed by atoms with Crippen molar-refractivity contribution in [3.05, 3.63) is 28.2 Å². The van der Waals surface area contributed by atoms with Crippen LogP contribution in [0.3, 0.4) is 0 Å². The van der Waals surface area contributed by atoms with Crippen molar-refractivity contribution in [3.63, 3.8) is 0 Å². The van der Waals surface area contributed by atoms with Gasteiger partial charge < -0.3 is 9.64 Å². The van der Waals surface area contributed by atoms with Gasteiger partial charge in [0, 0.05) is 5.02 Å². The summed E-state index contributed by atoms with van der Waals surface area (Å²) in [5.41, 5.74) is 0. The Hall–Kier alpha value is -0.440. The van der Waals surface area contributed by atoms with Crippen LogP contribution in [-0.2, 0) is 0 Å². The second-order valence-electron chi connectivity index (χ2n) is 4.34. The number of halogens is 2. The smallest absolute Gasteiger partial charge is 0.137 e. The van der Waals surface area contributed by atoms with Gasteiger partial charge in [0.25, 0.3) is 0 Å². The number of unbranched alkanes of at least 4 members (excludes halogenated alkanes) is 1. The molecule has 0 aromatic heterocycles. The molecular weight excluding hydrogens is 269 g/mol. The van der Waals surface area contributed by atoms with Gasteiger partial charge in [-0.2, -0.15) is 0 Å². The molecule has 0 fully saturated rings. The maximum absolute atomic E-state index is 6.02. The largest absolute Gasteiger partial charge is 0.492 e. The minimum absolute atomic E-state index is 0.580. The van der Waals surface area contributed by atoms with Gasteiger partial charge in [0.15, 0.2) is 0 Å². The first-order valence-electron chi connectivity index (χ1n) is 6.58. The molecule has 0 saturated carbocycles. The Morgan fingerprint density at radius 3 is 2.44 bits per heavy atom. The molecule has 4 heteroatoms. The summed E-state index contributed by atoms with van der Waals surface area (Å²) < 4.78 is 5.64. The molecular formula is C14H22Cl2NO+. The van der Waals surface area contributed by atoms with E-state index in [1.165, 1.54) is 26.1 Å². The van der Waals surface area contributed by atoms with Crippen molar-refractivity contribution in [2.45, 2.75) is 26.7 Å². The van der Waals surface area contributed by atoms with Gasteiger partial charge in [-0.3, -0.25) is 0 Å². The molecule has 0 heterocycles. The number of ether oxygens (including phenoxy) is 1. The third-order valence-corrected chi connectivity index (χ3v) is 3.61. The Morgan fingerprint density at radius 1 is 1.11 bits per heavy atom. The van der Waals surface area contributed by atoms with Crippen molar-refractivity contribution in [1.82, 2.24) is 0 Å². The van der Waals surface area contributed by atoms with E-state index in [0.717, 1.165) is 12.2 Å². The molecule has 0 aliphatic heterocycles. The van der Waals surface area contributed by atoms with Crippen LogP contribution in [0.25, 0.3) is 0 Å². The summed E-state index contributed by atoms with van der Waals surface area (Å²) >= 11 is 11.8. The van der Waals surface area contributed by atoms with Crippen LogP contribution in [-0.4, -0.2) is 26.2 Å². The molecule has 1 N–H and O–H groups in total. The van der Waals surface area contributed by atoms with E-state index in [4.69, 9.17) is 27.9 Å². The highest BCUT2D eigenvalue weighted by Crippen LogP contribution is 2.27. The summed E-state index contributed by atoms with van der Waals surface area (Å²) in [4.78, 5) is 1.64. The van der Waals surface area contributed by atoms with Crippen LogP contribution in [0, 0.1) is 0 Å². The number of hydrogen-bond acceptors (Lipinski definition) is 1. The van der Waals surface area contributed by atoms with Crippen LogP contribution in [0.4, 0.5) is 0 Å². The molecule has 0 amide bonds. The molecule has 0 saturated heterocycles. The van der Waals surface area contributed by atoms with Gasteiger partial charge in [-0.15, -0.1) is 0 Å². The van der Waals surface area contributed by atoms with Gasteiger partial charge in [-0.25, -0.2) is 0 Å². The third kappa shape index (κ3) is 5.47. The first-order valence-corrected chi connectivity index (χ1v) is 7.34. The quantitative estimate of drug-likeness (QED) is 0.727. The lowest BCUT2D eigenvalue weighted by molar-refractivity contribution is -0.896. The fraction of sp³-hybridized carbons (Fsp3) is 0.571. The zero-order valence-corrected chi connectivity index (χ0v) is 12.7. The molecule has 1 rings (SSSR count). The normalized spacial score (nSPS) is 10.9. The molecule has 2 nitrogen and oxygen atoms in total. The van der Waals surface area contributed by atoms with Crippen LogP contribution in [0.5, 0.6) is 5.75 Å². The zero-order chi connectivity index (χ0) is 13.4. The minimum atomic E-state index is 0.580. The lowest BCUT2D eigenvalue weighted by Crippen LogP contribution is -3.11. The highest BCUT2D eigenvalue weighted by atomic mass is 35.5. The topological polar surface area (TPSA) is 13.7 Å². The van der Waals surface area contributed by atoms with Crippen LogP contribution >= 0.6 is 23.2 Å². The Labute approximate surface area is 120 Å². The van der Waals surface area contributed by atoms with Gasteiger partial charge in [-0.05, 0) is 44.9 Å². The fourth-order valence-corrected chi connectivity index (χ4v) is 2.32. The molecule has 0 aliphatic carbocycles. The summed E-state index contributed by atoms with van der Waals surface area (Å²) in [5.74, 6) is 0.719. The van der Waals surface area contributed by atoms with E-state index in [2.05, 4.69) is 13.8 Å². The first kappa shape index (κ1) is 15.6. The maximum Gasteiger partial charge on any atom is 0.137 e. The third-order valence-electron chi connectivity index (χ3n) is 3.08. The van der Waals surface area contributed by atoms with Gasteiger partial charge in [0.05, 0.1) is 31.3 Å². The lowest BCUT2D eigenvalue weighted by Gasteiger charge is -2.15. The number of nitrogens with one attached hydrogen (secondary N) is 1. The van der Waals surface area contributed by atoms with Crippen molar-refractivity contribution in [2.75, 3.05) is 26.2 Å². The van der Waals surface area contributed by atoms with Crippen molar-refractivity contribution >= 4 is 23.2 Å². The Kier molecular flexibility index (Phi) is 7.48. The minimum Gasteiger partial charge on any atom is -0.492 e.